The number of thioether (sulfide) groups is 1. The highest BCUT2D eigenvalue weighted by atomic mass is 32.2. The second kappa shape index (κ2) is 7.57. The van der Waals surface area contributed by atoms with Crippen molar-refractivity contribution < 1.29 is 18.0 Å². The molecule has 0 aromatic heterocycles. The summed E-state index contributed by atoms with van der Waals surface area (Å²) in [5, 5.41) is 5.53. The number of rotatable bonds is 6. The molecule has 1 aromatic carbocycles. The Morgan fingerprint density at radius 2 is 1.79 bits per heavy atom. The van der Waals surface area contributed by atoms with E-state index in [0.717, 1.165) is 11.3 Å². The minimum absolute atomic E-state index is 0.0235. The number of anilines is 1. The highest BCUT2D eigenvalue weighted by Gasteiger charge is 2.39. The average Bonchev–Trinajstić information content (AvgIpc) is 2.74. The molecule has 0 aliphatic carbocycles. The van der Waals surface area contributed by atoms with Gasteiger partial charge in [-0.15, -0.1) is 11.8 Å². The number of hydrogen-bond donors (Lipinski definition) is 2. The van der Waals surface area contributed by atoms with Gasteiger partial charge in [-0.1, -0.05) is 17.7 Å². The van der Waals surface area contributed by atoms with Gasteiger partial charge in [0.15, 0.2) is 9.84 Å². The Bertz CT molecular complexity index is 716. The third kappa shape index (κ3) is 5.83. The number of amides is 2. The molecule has 1 aliphatic heterocycles. The zero-order chi connectivity index (χ0) is 17.8. The highest BCUT2D eigenvalue weighted by molar-refractivity contribution is 8.00. The first kappa shape index (κ1) is 18.8. The van der Waals surface area contributed by atoms with E-state index in [9.17, 15) is 18.0 Å². The van der Waals surface area contributed by atoms with E-state index in [4.69, 9.17) is 0 Å². The fraction of sp³-hybridized carbons (Fsp3) is 0.500. The van der Waals surface area contributed by atoms with Crippen molar-refractivity contribution in [2.75, 3.05) is 28.3 Å². The summed E-state index contributed by atoms with van der Waals surface area (Å²) in [4.78, 5) is 23.8. The molecule has 6 nitrogen and oxygen atoms in total. The molecule has 2 N–H and O–H groups in total. The first-order valence-corrected chi connectivity index (χ1v) is 10.6. The van der Waals surface area contributed by atoms with Gasteiger partial charge in [-0.2, -0.15) is 0 Å². The van der Waals surface area contributed by atoms with E-state index >= 15 is 0 Å². The van der Waals surface area contributed by atoms with Crippen molar-refractivity contribution in [3.05, 3.63) is 29.8 Å². The number of hydrogen-bond acceptors (Lipinski definition) is 5. The Morgan fingerprint density at radius 3 is 2.38 bits per heavy atom. The number of sulfone groups is 1. The zero-order valence-electron chi connectivity index (χ0n) is 13.8. The zero-order valence-corrected chi connectivity index (χ0v) is 15.4. The van der Waals surface area contributed by atoms with Gasteiger partial charge in [0.2, 0.25) is 11.8 Å². The van der Waals surface area contributed by atoms with E-state index in [1.54, 1.807) is 6.92 Å². The largest absolute Gasteiger partial charge is 0.349 e. The van der Waals surface area contributed by atoms with Gasteiger partial charge in [0.05, 0.1) is 28.6 Å². The summed E-state index contributed by atoms with van der Waals surface area (Å²) in [6.45, 7) is 3.71. The van der Waals surface area contributed by atoms with Gasteiger partial charge in [0, 0.05) is 5.69 Å². The minimum Gasteiger partial charge on any atom is -0.349 e. The van der Waals surface area contributed by atoms with E-state index < -0.39 is 15.4 Å². The molecule has 24 heavy (non-hydrogen) atoms. The molecule has 0 saturated carbocycles. The molecule has 1 atom stereocenters. The summed E-state index contributed by atoms with van der Waals surface area (Å²) in [5.41, 5.74) is 1.14. The molecule has 2 rings (SSSR count). The van der Waals surface area contributed by atoms with Crippen molar-refractivity contribution >= 4 is 39.1 Å². The predicted molar refractivity (Wildman–Crippen MR) is 97.0 cm³/mol. The molecular weight excluding hydrogens is 348 g/mol. The summed E-state index contributed by atoms with van der Waals surface area (Å²) in [5.74, 6) is -0.0537. The lowest BCUT2D eigenvalue weighted by atomic mass is 10.0. The second-order valence-corrected chi connectivity index (χ2v) is 9.53. The van der Waals surface area contributed by atoms with E-state index in [1.807, 2.05) is 31.2 Å². The van der Waals surface area contributed by atoms with Crippen LogP contribution in [0, 0.1) is 6.92 Å². The van der Waals surface area contributed by atoms with Crippen LogP contribution in [-0.2, 0) is 19.4 Å². The lowest BCUT2D eigenvalue weighted by Gasteiger charge is -2.23. The maximum Gasteiger partial charge on any atom is 0.234 e. The molecule has 1 saturated heterocycles. The molecule has 0 radical (unpaired) electrons. The van der Waals surface area contributed by atoms with E-state index in [-0.39, 0.29) is 34.8 Å². The molecule has 1 aliphatic rings. The molecular formula is C16H22N2O4S2. The van der Waals surface area contributed by atoms with Crippen LogP contribution in [-0.4, -0.2) is 48.8 Å². The smallest absolute Gasteiger partial charge is 0.234 e. The van der Waals surface area contributed by atoms with Crippen LogP contribution in [0.25, 0.3) is 0 Å². The minimum atomic E-state index is -3.06. The Kier molecular flexibility index (Phi) is 5.92. The first-order chi connectivity index (χ1) is 11.2. The summed E-state index contributed by atoms with van der Waals surface area (Å²) in [7, 11) is -3.06. The quantitative estimate of drug-likeness (QED) is 0.789. The normalized spacial score (nSPS) is 22.1. The fourth-order valence-electron chi connectivity index (χ4n) is 2.55. The van der Waals surface area contributed by atoms with Crippen molar-refractivity contribution in [3.63, 3.8) is 0 Å². The maximum atomic E-state index is 11.9. The third-order valence-electron chi connectivity index (χ3n) is 3.75. The van der Waals surface area contributed by atoms with Gasteiger partial charge >= 0.3 is 0 Å². The molecule has 1 fully saturated rings. The van der Waals surface area contributed by atoms with Crippen LogP contribution < -0.4 is 10.6 Å². The third-order valence-corrected chi connectivity index (χ3v) is 6.58. The van der Waals surface area contributed by atoms with Crippen molar-refractivity contribution in [1.82, 2.24) is 5.32 Å². The second-order valence-electron chi connectivity index (χ2n) is 6.36. The molecule has 2 amide bonds. The molecule has 8 heteroatoms. The molecule has 0 spiro atoms. The van der Waals surface area contributed by atoms with Crippen LogP contribution in [0.3, 0.4) is 0 Å². The number of nitrogens with one attached hydrogen (secondary N) is 2. The van der Waals surface area contributed by atoms with Gasteiger partial charge in [-0.05, 0) is 32.4 Å². The molecule has 0 bridgehead atoms. The molecule has 1 aromatic rings. The van der Waals surface area contributed by atoms with Crippen LogP contribution in [0.2, 0.25) is 0 Å². The monoisotopic (exact) mass is 370 g/mol. The van der Waals surface area contributed by atoms with E-state index in [0.29, 0.717) is 6.42 Å². The van der Waals surface area contributed by atoms with Gasteiger partial charge < -0.3 is 10.6 Å². The Balaban J connectivity index is 1.70. The number of carbonyl (C=O) groups excluding carboxylic acids is 2. The molecule has 1 heterocycles. The Hall–Kier alpha value is -1.54. The van der Waals surface area contributed by atoms with Gasteiger partial charge in [-0.3, -0.25) is 9.59 Å². The van der Waals surface area contributed by atoms with Crippen molar-refractivity contribution in [2.24, 2.45) is 0 Å². The summed E-state index contributed by atoms with van der Waals surface area (Å²) in [6.07, 6.45) is 0.430. The van der Waals surface area contributed by atoms with Gasteiger partial charge in [0.25, 0.3) is 0 Å². The fourth-order valence-corrected chi connectivity index (χ4v) is 5.26. The Morgan fingerprint density at radius 1 is 1.17 bits per heavy atom. The molecule has 132 valence electrons. The summed E-state index contributed by atoms with van der Waals surface area (Å²) in [6, 6.07) is 7.47. The van der Waals surface area contributed by atoms with Crippen LogP contribution in [0.5, 0.6) is 0 Å². The van der Waals surface area contributed by atoms with Crippen molar-refractivity contribution in [1.29, 1.82) is 0 Å². The lowest BCUT2D eigenvalue weighted by molar-refractivity contribution is -0.120. The van der Waals surface area contributed by atoms with Crippen molar-refractivity contribution in [3.8, 4) is 0 Å². The summed E-state index contributed by atoms with van der Waals surface area (Å²) < 4.78 is 23.0. The van der Waals surface area contributed by atoms with E-state index in [1.165, 1.54) is 11.8 Å². The van der Waals surface area contributed by atoms with Crippen molar-refractivity contribution in [2.45, 2.75) is 25.8 Å². The average molecular weight is 370 g/mol. The summed E-state index contributed by atoms with van der Waals surface area (Å²) >= 11 is 1.20. The van der Waals surface area contributed by atoms with E-state index in [2.05, 4.69) is 10.6 Å². The standard InChI is InChI=1S/C16H22N2O4S2/c1-12-3-5-13(6-4-12)17-14(19)9-23-10-15(20)18-16(2)7-8-24(21,22)11-16/h3-6H,7-11H2,1-2H3,(H,17,19)(H,18,20)/t16-/m1/s1. The Labute approximate surface area is 146 Å². The maximum absolute atomic E-state index is 11.9. The van der Waals surface area contributed by atoms with Crippen LogP contribution in [0.1, 0.15) is 18.9 Å². The molecule has 0 unspecified atom stereocenters. The van der Waals surface area contributed by atoms with Crippen LogP contribution >= 0.6 is 11.8 Å². The topological polar surface area (TPSA) is 92.3 Å². The number of carbonyl (C=O) groups is 2. The first-order valence-electron chi connectivity index (χ1n) is 7.63. The van der Waals surface area contributed by atoms with Crippen LogP contribution in [0.4, 0.5) is 5.69 Å². The van der Waals surface area contributed by atoms with Gasteiger partial charge in [-0.25, -0.2) is 8.42 Å². The highest BCUT2D eigenvalue weighted by Crippen LogP contribution is 2.22. The number of benzene rings is 1. The lowest BCUT2D eigenvalue weighted by Crippen LogP contribution is -2.47. The SMILES string of the molecule is Cc1ccc(NC(=O)CSCC(=O)N[C@]2(C)CCS(=O)(=O)C2)cc1. The van der Waals surface area contributed by atoms with Gasteiger partial charge in [0.1, 0.15) is 0 Å². The predicted octanol–water partition coefficient (Wildman–Crippen LogP) is 1.36. The van der Waals surface area contributed by atoms with Crippen LogP contribution in [0.15, 0.2) is 24.3 Å². The number of aryl methyl sites for hydroxylation is 1.